The van der Waals surface area contributed by atoms with E-state index in [1.54, 1.807) is 0 Å². The zero-order valence-corrected chi connectivity index (χ0v) is 13.8. The minimum absolute atomic E-state index is 0.385. The van der Waals surface area contributed by atoms with E-state index in [0.29, 0.717) is 5.41 Å². The van der Waals surface area contributed by atoms with E-state index in [1.165, 1.54) is 63.4 Å². The first-order valence-electron chi connectivity index (χ1n) is 8.54. The fraction of sp³-hybridized carbons (Fsp3) is 0.684. The van der Waals surface area contributed by atoms with Crippen LogP contribution in [0.25, 0.3) is 0 Å². The van der Waals surface area contributed by atoms with Crippen molar-refractivity contribution in [1.29, 1.82) is 0 Å². The molecular formula is C19H33N. The molecule has 0 bridgehead atoms. The van der Waals surface area contributed by atoms with Crippen LogP contribution in [0.4, 0.5) is 5.69 Å². The molecule has 0 aliphatic carbocycles. The van der Waals surface area contributed by atoms with Gasteiger partial charge in [0.05, 0.1) is 0 Å². The highest BCUT2D eigenvalue weighted by atomic mass is 14.5. The molecule has 20 heavy (non-hydrogen) atoms. The molecular weight excluding hydrogens is 242 g/mol. The van der Waals surface area contributed by atoms with Crippen LogP contribution in [-0.4, -0.2) is 0 Å². The highest BCUT2D eigenvalue weighted by Gasteiger charge is 2.30. The lowest BCUT2D eigenvalue weighted by atomic mass is 9.69. The summed E-state index contributed by atoms with van der Waals surface area (Å²) in [4.78, 5) is 0. The first kappa shape index (κ1) is 17.1. The Bertz CT molecular complexity index is 331. The van der Waals surface area contributed by atoms with Crippen molar-refractivity contribution in [3.8, 4) is 0 Å². The SMILES string of the molecule is CCCCC(CCCC)(CCCC)c1ccc(N)cc1. The lowest BCUT2D eigenvalue weighted by Crippen LogP contribution is -2.26. The molecule has 0 amide bonds. The van der Waals surface area contributed by atoms with Gasteiger partial charge in [-0.15, -0.1) is 0 Å². The molecule has 1 nitrogen and oxygen atoms in total. The molecule has 1 rings (SSSR count). The van der Waals surface area contributed by atoms with E-state index in [0.717, 1.165) is 5.69 Å². The van der Waals surface area contributed by atoms with E-state index >= 15 is 0 Å². The number of unbranched alkanes of at least 4 members (excludes halogenated alkanes) is 3. The molecule has 1 aromatic carbocycles. The number of nitrogens with two attached hydrogens (primary N) is 1. The largest absolute Gasteiger partial charge is 0.399 e. The summed E-state index contributed by atoms with van der Waals surface area (Å²) < 4.78 is 0. The first-order chi connectivity index (χ1) is 9.68. The van der Waals surface area contributed by atoms with Crippen LogP contribution in [0.15, 0.2) is 24.3 Å². The average molecular weight is 275 g/mol. The number of hydrogen-bond acceptors (Lipinski definition) is 1. The maximum atomic E-state index is 5.87. The Labute approximate surface area is 126 Å². The van der Waals surface area contributed by atoms with Crippen molar-refractivity contribution >= 4 is 5.69 Å². The van der Waals surface area contributed by atoms with E-state index in [2.05, 4.69) is 45.0 Å². The summed E-state index contributed by atoms with van der Waals surface area (Å²) >= 11 is 0. The molecule has 0 heterocycles. The monoisotopic (exact) mass is 275 g/mol. The fourth-order valence-electron chi connectivity index (χ4n) is 3.19. The van der Waals surface area contributed by atoms with Gasteiger partial charge in [-0.2, -0.15) is 0 Å². The molecule has 0 fully saturated rings. The maximum Gasteiger partial charge on any atom is 0.0314 e. The van der Waals surface area contributed by atoms with Gasteiger partial charge in [0, 0.05) is 5.69 Å². The summed E-state index contributed by atoms with van der Waals surface area (Å²) in [6.07, 6.45) is 11.8. The summed E-state index contributed by atoms with van der Waals surface area (Å²) in [5.74, 6) is 0. The van der Waals surface area contributed by atoms with Crippen molar-refractivity contribution in [1.82, 2.24) is 0 Å². The standard InChI is InChI=1S/C19H33N/c1-4-7-14-19(15-8-5-2,16-9-6-3)17-10-12-18(20)13-11-17/h10-13H,4-9,14-16,20H2,1-3H3. The van der Waals surface area contributed by atoms with Gasteiger partial charge in [-0.3, -0.25) is 0 Å². The van der Waals surface area contributed by atoms with Crippen molar-refractivity contribution in [3.05, 3.63) is 29.8 Å². The quantitative estimate of drug-likeness (QED) is 0.515. The maximum absolute atomic E-state index is 5.87. The van der Waals surface area contributed by atoms with Gasteiger partial charge in [-0.1, -0.05) is 71.4 Å². The van der Waals surface area contributed by atoms with Crippen LogP contribution in [0.1, 0.15) is 84.1 Å². The van der Waals surface area contributed by atoms with E-state index in [4.69, 9.17) is 5.73 Å². The van der Waals surface area contributed by atoms with Gasteiger partial charge in [0.1, 0.15) is 0 Å². The topological polar surface area (TPSA) is 26.0 Å². The summed E-state index contributed by atoms with van der Waals surface area (Å²) in [6, 6.07) is 8.70. The number of nitrogen functional groups attached to an aromatic ring is 1. The van der Waals surface area contributed by atoms with Crippen molar-refractivity contribution in [2.45, 2.75) is 84.0 Å². The number of hydrogen-bond donors (Lipinski definition) is 1. The molecule has 0 unspecified atom stereocenters. The highest BCUT2D eigenvalue weighted by Crippen LogP contribution is 2.40. The van der Waals surface area contributed by atoms with Crippen molar-refractivity contribution in [2.24, 2.45) is 0 Å². The Balaban J connectivity index is 3.00. The normalized spacial score (nSPS) is 11.8. The van der Waals surface area contributed by atoms with Crippen LogP contribution in [0, 0.1) is 0 Å². The molecule has 0 atom stereocenters. The molecule has 0 radical (unpaired) electrons. The summed E-state index contributed by atoms with van der Waals surface area (Å²) in [5.41, 5.74) is 8.65. The summed E-state index contributed by atoms with van der Waals surface area (Å²) in [5, 5.41) is 0. The van der Waals surface area contributed by atoms with Gasteiger partial charge in [0.25, 0.3) is 0 Å². The van der Waals surface area contributed by atoms with Gasteiger partial charge in [-0.25, -0.2) is 0 Å². The van der Waals surface area contributed by atoms with Crippen molar-refractivity contribution in [3.63, 3.8) is 0 Å². The highest BCUT2D eigenvalue weighted by molar-refractivity contribution is 5.41. The second-order valence-corrected chi connectivity index (χ2v) is 6.21. The first-order valence-corrected chi connectivity index (χ1v) is 8.54. The smallest absolute Gasteiger partial charge is 0.0314 e. The number of benzene rings is 1. The third kappa shape index (κ3) is 4.85. The second-order valence-electron chi connectivity index (χ2n) is 6.21. The minimum Gasteiger partial charge on any atom is -0.399 e. The molecule has 2 N–H and O–H groups in total. The van der Waals surface area contributed by atoms with E-state index in [-0.39, 0.29) is 0 Å². The Kier molecular flexibility index (Phi) is 7.72. The van der Waals surface area contributed by atoms with Crippen molar-refractivity contribution < 1.29 is 0 Å². The lowest BCUT2D eigenvalue weighted by molar-refractivity contribution is 0.309. The second kappa shape index (κ2) is 9.05. The van der Waals surface area contributed by atoms with Gasteiger partial charge in [0.2, 0.25) is 0 Å². The van der Waals surface area contributed by atoms with Crippen LogP contribution in [-0.2, 0) is 5.41 Å². The predicted octanol–water partition coefficient (Wildman–Crippen LogP) is 6.08. The molecule has 0 saturated carbocycles. The third-order valence-electron chi connectivity index (χ3n) is 4.55. The lowest BCUT2D eigenvalue weighted by Gasteiger charge is -2.35. The Morgan fingerprint density at radius 3 is 1.50 bits per heavy atom. The van der Waals surface area contributed by atoms with E-state index < -0.39 is 0 Å². The molecule has 0 spiro atoms. The zero-order chi connectivity index (χ0) is 14.8. The molecule has 0 aliphatic heterocycles. The number of rotatable bonds is 10. The van der Waals surface area contributed by atoms with Crippen LogP contribution in [0.3, 0.4) is 0 Å². The molecule has 0 aliphatic rings. The molecule has 1 heteroatoms. The Morgan fingerprint density at radius 1 is 0.750 bits per heavy atom. The van der Waals surface area contributed by atoms with Crippen LogP contribution < -0.4 is 5.73 Å². The van der Waals surface area contributed by atoms with E-state index in [9.17, 15) is 0 Å². The number of anilines is 1. The van der Waals surface area contributed by atoms with Crippen molar-refractivity contribution in [2.75, 3.05) is 5.73 Å². The van der Waals surface area contributed by atoms with Crippen LogP contribution >= 0.6 is 0 Å². The Hall–Kier alpha value is -0.980. The minimum atomic E-state index is 0.385. The molecule has 114 valence electrons. The van der Waals surface area contributed by atoms with Crippen LogP contribution in [0.2, 0.25) is 0 Å². The van der Waals surface area contributed by atoms with E-state index in [1.807, 2.05) is 0 Å². The van der Waals surface area contributed by atoms with Gasteiger partial charge >= 0.3 is 0 Å². The summed E-state index contributed by atoms with van der Waals surface area (Å²) in [6.45, 7) is 6.90. The molecule has 0 saturated heterocycles. The zero-order valence-electron chi connectivity index (χ0n) is 13.8. The third-order valence-corrected chi connectivity index (χ3v) is 4.55. The average Bonchev–Trinajstić information content (AvgIpc) is 2.48. The molecule has 0 aromatic heterocycles. The van der Waals surface area contributed by atoms with Crippen LogP contribution in [0.5, 0.6) is 0 Å². The summed E-state index contributed by atoms with van der Waals surface area (Å²) in [7, 11) is 0. The molecule has 1 aromatic rings. The van der Waals surface area contributed by atoms with Gasteiger partial charge in [0.15, 0.2) is 0 Å². The van der Waals surface area contributed by atoms with Gasteiger partial charge < -0.3 is 5.73 Å². The Morgan fingerprint density at radius 2 is 1.15 bits per heavy atom. The fourth-order valence-corrected chi connectivity index (χ4v) is 3.19. The van der Waals surface area contributed by atoms with Gasteiger partial charge in [-0.05, 0) is 42.4 Å². The predicted molar refractivity (Wildman–Crippen MR) is 91.1 cm³/mol.